The molecule has 200 valence electrons. The predicted molar refractivity (Wildman–Crippen MR) is 141 cm³/mol. The average molecular weight is 546 g/mol. The van der Waals surface area contributed by atoms with E-state index in [2.05, 4.69) is 15.5 Å². The van der Waals surface area contributed by atoms with Crippen LogP contribution in [-0.4, -0.2) is 27.3 Å². The number of nitrogens with one attached hydrogen (secondary N) is 1. The van der Waals surface area contributed by atoms with Gasteiger partial charge in [0.05, 0.1) is 5.56 Å². The summed E-state index contributed by atoms with van der Waals surface area (Å²) in [5, 5.41) is 16.3. The lowest BCUT2D eigenvalue weighted by Crippen LogP contribution is -2.37. The van der Waals surface area contributed by atoms with Crippen LogP contribution in [0.15, 0.2) is 71.3 Å². The molecule has 0 spiro atoms. The van der Waals surface area contributed by atoms with Crippen LogP contribution in [0.1, 0.15) is 43.0 Å². The maximum Gasteiger partial charge on any atom is 0.417 e. The van der Waals surface area contributed by atoms with Gasteiger partial charge in [-0.25, -0.2) is 0 Å². The van der Waals surface area contributed by atoms with Crippen LogP contribution in [0.25, 0.3) is 34.0 Å². The van der Waals surface area contributed by atoms with Gasteiger partial charge in [-0.1, -0.05) is 66.7 Å². The van der Waals surface area contributed by atoms with Gasteiger partial charge in [-0.15, -0.1) is 12.4 Å². The largest absolute Gasteiger partial charge is 0.480 e. The van der Waals surface area contributed by atoms with Crippen molar-refractivity contribution in [3.8, 4) is 34.0 Å². The van der Waals surface area contributed by atoms with E-state index in [1.54, 1.807) is 50.2 Å². The van der Waals surface area contributed by atoms with Crippen molar-refractivity contribution in [2.24, 2.45) is 0 Å². The lowest BCUT2D eigenvalue weighted by atomic mass is 9.94. The number of hydrogen-bond acceptors (Lipinski definition) is 5. The highest BCUT2D eigenvalue weighted by molar-refractivity contribution is 5.85. The molecule has 4 rings (SSSR count). The molecule has 3 aromatic carbocycles. The first-order valence-electron chi connectivity index (χ1n) is 11.8. The van der Waals surface area contributed by atoms with Gasteiger partial charge in [0.25, 0.3) is 5.89 Å². The summed E-state index contributed by atoms with van der Waals surface area (Å²) < 4.78 is 47.2. The van der Waals surface area contributed by atoms with Gasteiger partial charge in [0.1, 0.15) is 6.04 Å². The molecule has 38 heavy (non-hydrogen) atoms. The molecule has 2 N–H and O–H groups in total. The third-order valence-electron chi connectivity index (χ3n) is 6.26. The second-order valence-electron chi connectivity index (χ2n) is 8.81. The fraction of sp³-hybridized carbons (Fsp3) is 0.250. The number of aliphatic carboxylic acids is 1. The highest BCUT2D eigenvalue weighted by Crippen LogP contribution is 2.40. The van der Waals surface area contributed by atoms with Gasteiger partial charge in [0.15, 0.2) is 0 Å². The summed E-state index contributed by atoms with van der Waals surface area (Å²) in [6.07, 6.45) is -4.13. The Labute approximate surface area is 224 Å². The highest BCUT2D eigenvalue weighted by atomic mass is 35.5. The number of benzene rings is 3. The van der Waals surface area contributed by atoms with Crippen molar-refractivity contribution in [2.75, 3.05) is 0 Å². The molecule has 0 radical (unpaired) electrons. The zero-order valence-corrected chi connectivity index (χ0v) is 21.7. The Kier molecular flexibility index (Phi) is 8.96. The van der Waals surface area contributed by atoms with E-state index < -0.39 is 23.8 Å². The summed E-state index contributed by atoms with van der Waals surface area (Å²) in [7, 11) is 0. The van der Waals surface area contributed by atoms with Crippen molar-refractivity contribution in [3.05, 3.63) is 83.4 Å². The van der Waals surface area contributed by atoms with Crippen molar-refractivity contribution in [2.45, 2.75) is 45.5 Å². The van der Waals surface area contributed by atoms with Crippen LogP contribution in [0.3, 0.4) is 0 Å². The first-order chi connectivity index (χ1) is 17.6. The van der Waals surface area contributed by atoms with Crippen LogP contribution in [0, 0.1) is 6.92 Å². The number of carbonyl (C=O) groups is 1. The molecular weight excluding hydrogens is 519 g/mol. The van der Waals surface area contributed by atoms with E-state index in [1.807, 2.05) is 19.1 Å². The molecule has 0 bridgehead atoms. The smallest absolute Gasteiger partial charge is 0.417 e. The Morgan fingerprint density at radius 2 is 1.68 bits per heavy atom. The molecule has 0 fully saturated rings. The van der Waals surface area contributed by atoms with Gasteiger partial charge in [0, 0.05) is 17.2 Å². The van der Waals surface area contributed by atoms with E-state index in [-0.39, 0.29) is 41.3 Å². The Morgan fingerprint density at radius 3 is 2.29 bits per heavy atom. The molecule has 2 atom stereocenters. The zero-order chi connectivity index (χ0) is 26.7. The van der Waals surface area contributed by atoms with Crippen LogP contribution in [0.5, 0.6) is 0 Å². The third kappa shape index (κ3) is 6.23. The molecule has 0 amide bonds. The lowest BCUT2D eigenvalue weighted by Gasteiger charge is -2.19. The molecule has 10 heteroatoms. The number of aromatic nitrogens is 2. The van der Waals surface area contributed by atoms with Gasteiger partial charge in [-0.05, 0) is 54.7 Å². The Morgan fingerprint density at radius 1 is 1.03 bits per heavy atom. The molecule has 0 aliphatic carbocycles. The van der Waals surface area contributed by atoms with Crippen molar-refractivity contribution in [1.29, 1.82) is 0 Å². The van der Waals surface area contributed by atoms with E-state index in [4.69, 9.17) is 4.52 Å². The van der Waals surface area contributed by atoms with Crippen LogP contribution >= 0.6 is 12.4 Å². The minimum atomic E-state index is -4.57. The molecule has 4 aromatic rings. The van der Waals surface area contributed by atoms with E-state index in [0.29, 0.717) is 17.5 Å². The van der Waals surface area contributed by atoms with E-state index >= 15 is 0 Å². The summed E-state index contributed by atoms with van der Waals surface area (Å²) >= 11 is 0. The number of halogens is 4. The summed E-state index contributed by atoms with van der Waals surface area (Å²) in [6.45, 7) is 5.43. The maximum absolute atomic E-state index is 14.0. The van der Waals surface area contributed by atoms with Crippen LogP contribution in [0.4, 0.5) is 13.2 Å². The quantitative estimate of drug-likeness (QED) is 0.241. The molecule has 0 unspecified atom stereocenters. The lowest BCUT2D eigenvalue weighted by molar-refractivity contribution is -0.140. The zero-order valence-electron chi connectivity index (χ0n) is 20.9. The molecular formula is C28H27ClF3N3O3. The van der Waals surface area contributed by atoms with E-state index in [9.17, 15) is 23.1 Å². The second-order valence-corrected chi connectivity index (χ2v) is 8.81. The first-order valence-corrected chi connectivity index (χ1v) is 11.8. The molecule has 0 aliphatic rings. The number of alkyl halides is 3. The van der Waals surface area contributed by atoms with Gasteiger partial charge in [0.2, 0.25) is 5.82 Å². The van der Waals surface area contributed by atoms with Gasteiger partial charge < -0.3 is 9.63 Å². The molecule has 0 saturated heterocycles. The number of rotatable bonds is 8. The SMILES string of the molecule is CC[C@H](N[C@H](C)c1ccc(-c2noc(-c3ccc(-c4ccccc4C)c(C(F)(F)F)c3)n2)cc1)C(=O)O.Cl. The molecule has 0 saturated carbocycles. The number of carboxylic acid groups (broad SMARTS) is 1. The van der Waals surface area contributed by atoms with Crippen molar-refractivity contribution in [1.82, 2.24) is 15.5 Å². The summed E-state index contributed by atoms with van der Waals surface area (Å²) in [5.74, 6) is -0.704. The normalized spacial score (nSPS) is 13.0. The first kappa shape index (κ1) is 28.9. The van der Waals surface area contributed by atoms with Crippen molar-refractivity contribution < 1.29 is 27.6 Å². The monoisotopic (exact) mass is 545 g/mol. The number of nitrogens with zero attached hydrogens (tertiary/aromatic N) is 2. The summed E-state index contributed by atoms with van der Waals surface area (Å²) in [5.41, 5.74) is 2.19. The summed E-state index contributed by atoms with van der Waals surface area (Å²) in [6, 6.07) is 17.2. The third-order valence-corrected chi connectivity index (χ3v) is 6.26. The van der Waals surface area contributed by atoms with Crippen molar-refractivity contribution >= 4 is 18.4 Å². The Balaban J connectivity index is 0.00000400. The second kappa shape index (κ2) is 11.8. The average Bonchev–Trinajstić information content (AvgIpc) is 3.37. The molecule has 0 aliphatic heterocycles. The Bertz CT molecular complexity index is 1400. The molecule has 6 nitrogen and oxygen atoms in total. The molecule has 1 aromatic heterocycles. The van der Waals surface area contributed by atoms with Gasteiger partial charge in [-0.2, -0.15) is 18.2 Å². The number of carboxylic acids is 1. The molecule has 1 heterocycles. The maximum atomic E-state index is 14.0. The summed E-state index contributed by atoms with van der Waals surface area (Å²) in [4.78, 5) is 15.6. The highest BCUT2D eigenvalue weighted by Gasteiger charge is 2.34. The van der Waals surface area contributed by atoms with E-state index in [0.717, 1.165) is 17.2 Å². The van der Waals surface area contributed by atoms with Crippen LogP contribution < -0.4 is 5.32 Å². The Hall–Kier alpha value is -3.69. The number of hydrogen-bond donors (Lipinski definition) is 2. The standard InChI is InChI=1S/C28H26F3N3O3.ClH/c1-4-24(27(35)36)32-17(3)18-9-11-19(12-10-18)25-33-26(37-34-25)20-13-14-22(23(15-20)28(29,30)31)21-8-6-5-7-16(21)2;/h5-15,17,24,32H,4H2,1-3H3,(H,35,36);1H/t17-,24+;/m1./s1. The van der Waals surface area contributed by atoms with Gasteiger partial charge in [-0.3, -0.25) is 10.1 Å². The van der Waals surface area contributed by atoms with Gasteiger partial charge >= 0.3 is 12.1 Å². The van der Waals surface area contributed by atoms with Crippen molar-refractivity contribution in [3.63, 3.8) is 0 Å². The van der Waals surface area contributed by atoms with Crippen LogP contribution in [-0.2, 0) is 11.0 Å². The predicted octanol–water partition coefficient (Wildman–Crippen LogP) is 7.33. The fourth-order valence-corrected chi connectivity index (χ4v) is 4.16. The van der Waals surface area contributed by atoms with E-state index in [1.165, 1.54) is 12.1 Å². The minimum absolute atomic E-state index is 0. The minimum Gasteiger partial charge on any atom is -0.480 e. The topological polar surface area (TPSA) is 88.3 Å². The fourth-order valence-electron chi connectivity index (χ4n) is 4.16. The number of aryl methyl sites for hydroxylation is 1. The van der Waals surface area contributed by atoms with Crippen LogP contribution in [0.2, 0.25) is 0 Å².